The number of piperidine rings is 1. The van der Waals surface area contributed by atoms with Gasteiger partial charge in [-0.2, -0.15) is 0 Å². The lowest BCUT2D eigenvalue weighted by molar-refractivity contribution is 0.248. The minimum absolute atomic E-state index is 0.128. The second-order valence-corrected chi connectivity index (χ2v) is 7.45. The summed E-state index contributed by atoms with van der Waals surface area (Å²) < 4.78 is 26.0. The molecule has 6 nitrogen and oxygen atoms in total. The molecule has 0 radical (unpaired) electrons. The predicted octanol–water partition coefficient (Wildman–Crippen LogP) is 0.707. The zero-order valence-corrected chi connectivity index (χ0v) is 13.7. The van der Waals surface area contributed by atoms with Crippen LogP contribution >= 0.6 is 0 Å². The Balaban J connectivity index is 2.23. The van der Waals surface area contributed by atoms with Crippen molar-refractivity contribution in [2.45, 2.75) is 23.8 Å². The van der Waals surface area contributed by atoms with E-state index in [1.54, 1.807) is 12.1 Å². The van der Waals surface area contributed by atoms with E-state index >= 15 is 0 Å². The summed E-state index contributed by atoms with van der Waals surface area (Å²) >= 11 is 0. The minimum atomic E-state index is -3.51. The third kappa shape index (κ3) is 3.48. The van der Waals surface area contributed by atoms with Gasteiger partial charge < -0.3 is 15.5 Å². The summed E-state index contributed by atoms with van der Waals surface area (Å²) in [5.74, 6) is 0. The first-order valence-corrected chi connectivity index (χ1v) is 8.58. The molecule has 0 spiro atoms. The van der Waals surface area contributed by atoms with Gasteiger partial charge in [-0.15, -0.1) is 0 Å². The molecule has 1 aromatic carbocycles. The first kappa shape index (κ1) is 16.1. The summed E-state index contributed by atoms with van der Waals surface area (Å²) in [7, 11) is 2.03. The standard InChI is InChI=1S/C14H24N4O2S/c1-16-21(19,20)14-7-6-11(9-13(14)15)18(3)12-5-4-8-17(2)10-12/h6-7,9,12,16H,4-5,8,10,15H2,1-3H3. The van der Waals surface area contributed by atoms with E-state index in [4.69, 9.17) is 5.73 Å². The van der Waals surface area contributed by atoms with E-state index in [-0.39, 0.29) is 10.6 Å². The third-order valence-electron chi connectivity index (χ3n) is 4.11. The maximum atomic E-state index is 11.8. The van der Waals surface area contributed by atoms with E-state index in [2.05, 4.69) is 21.6 Å². The first-order chi connectivity index (χ1) is 9.85. The van der Waals surface area contributed by atoms with Gasteiger partial charge in [0.05, 0.1) is 5.69 Å². The van der Waals surface area contributed by atoms with Crippen molar-refractivity contribution in [3.8, 4) is 0 Å². The van der Waals surface area contributed by atoms with Crippen molar-refractivity contribution < 1.29 is 8.42 Å². The van der Waals surface area contributed by atoms with Crippen LogP contribution in [0, 0.1) is 0 Å². The Bertz CT molecular complexity index is 603. The van der Waals surface area contributed by atoms with Crippen LogP contribution in [-0.4, -0.2) is 53.6 Å². The molecule has 1 saturated heterocycles. The number of sulfonamides is 1. The Kier molecular flexibility index (Phi) is 4.75. The molecule has 1 fully saturated rings. The number of nitrogens with two attached hydrogens (primary N) is 1. The molecule has 0 amide bonds. The van der Waals surface area contributed by atoms with Crippen LogP contribution in [0.25, 0.3) is 0 Å². The molecule has 118 valence electrons. The van der Waals surface area contributed by atoms with Gasteiger partial charge in [0.15, 0.2) is 0 Å². The maximum Gasteiger partial charge on any atom is 0.242 e. The maximum absolute atomic E-state index is 11.8. The van der Waals surface area contributed by atoms with Gasteiger partial charge in [0.2, 0.25) is 10.0 Å². The lowest BCUT2D eigenvalue weighted by Gasteiger charge is -2.37. The van der Waals surface area contributed by atoms with Crippen molar-refractivity contribution in [3.05, 3.63) is 18.2 Å². The summed E-state index contributed by atoms with van der Waals surface area (Å²) in [6.07, 6.45) is 2.31. The lowest BCUT2D eigenvalue weighted by Crippen LogP contribution is -2.45. The number of hydrogen-bond acceptors (Lipinski definition) is 5. The third-order valence-corrected chi connectivity index (χ3v) is 5.59. The molecule has 2 rings (SSSR count). The Labute approximate surface area is 127 Å². The normalized spacial score (nSPS) is 20.4. The van der Waals surface area contributed by atoms with E-state index in [0.717, 1.165) is 25.2 Å². The molecular weight excluding hydrogens is 288 g/mol. The SMILES string of the molecule is CNS(=O)(=O)c1ccc(N(C)C2CCCN(C)C2)cc1N. The van der Waals surface area contributed by atoms with Crippen LogP contribution in [0.3, 0.4) is 0 Å². The Morgan fingerprint density at radius 3 is 2.71 bits per heavy atom. The van der Waals surface area contributed by atoms with Gasteiger partial charge in [-0.05, 0) is 51.7 Å². The Morgan fingerprint density at radius 2 is 2.14 bits per heavy atom. The number of hydrogen-bond donors (Lipinski definition) is 2. The Morgan fingerprint density at radius 1 is 1.43 bits per heavy atom. The summed E-state index contributed by atoms with van der Waals surface area (Å²) in [6.45, 7) is 2.14. The molecule has 3 N–H and O–H groups in total. The molecule has 7 heteroatoms. The predicted molar refractivity (Wildman–Crippen MR) is 86.0 cm³/mol. The average Bonchev–Trinajstić information content (AvgIpc) is 2.46. The molecule has 1 aliphatic heterocycles. The fraction of sp³-hybridized carbons (Fsp3) is 0.571. The van der Waals surface area contributed by atoms with Gasteiger partial charge in [-0.3, -0.25) is 0 Å². The first-order valence-electron chi connectivity index (χ1n) is 7.09. The van der Waals surface area contributed by atoms with Crippen LogP contribution in [0.5, 0.6) is 0 Å². The molecule has 0 bridgehead atoms. The fourth-order valence-corrected chi connectivity index (χ4v) is 3.61. The fourth-order valence-electron chi connectivity index (χ4n) is 2.78. The number of nitrogens with one attached hydrogen (secondary N) is 1. The van der Waals surface area contributed by atoms with Crippen LogP contribution in [0.2, 0.25) is 0 Å². The summed E-state index contributed by atoms with van der Waals surface area (Å²) in [5, 5.41) is 0. The number of nitrogen functional groups attached to an aromatic ring is 1. The smallest absolute Gasteiger partial charge is 0.242 e. The second kappa shape index (κ2) is 6.21. The quantitative estimate of drug-likeness (QED) is 0.801. The number of rotatable bonds is 4. The van der Waals surface area contributed by atoms with Crippen LogP contribution in [-0.2, 0) is 10.0 Å². The molecule has 21 heavy (non-hydrogen) atoms. The highest BCUT2D eigenvalue weighted by Gasteiger charge is 2.22. The number of anilines is 2. The topological polar surface area (TPSA) is 78.7 Å². The second-order valence-electron chi connectivity index (χ2n) is 5.60. The minimum Gasteiger partial charge on any atom is -0.398 e. The van der Waals surface area contributed by atoms with E-state index in [9.17, 15) is 8.42 Å². The molecule has 1 aliphatic rings. The molecule has 1 unspecified atom stereocenters. The van der Waals surface area contributed by atoms with Gasteiger partial charge in [-0.25, -0.2) is 13.1 Å². The molecule has 1 aromatic rings. The van der Waals surface area contributed by atoms with Gasteiger partial charge in [0.25, 0.3) is 0 Å². The van der Waals surface area contributed by atoms with E-state index in [1.807, 2.05) is 13.1 Å². The van der Waals surface area contributed by atoms with Crippen molar-refractivity contribution in [1.29, 1.82) is 0 Å². The van der Waals surface area contributed by atoms with E-state index < -0.39 is 10.0 Å². The number of likely N-dealkylation sites (N-methyl/N-ethyl adjacent to an activating group) is 2. The van der Waals surface area contributed by atoms with Crippen LogP contribution < -0.4 is 15.4 Å². The van der Waals surface area contributed by atoms with Crippen molar-refractivity contribution in [3.63, 3.8) is 0 Å². The van der Waals surface area contributed by atoms with Gasteiger partial charge in [0.1, 0.15) is 4.90 Å². The zero-order chi connectivity index (χ0) is 15.6. The van der Waals surface area contributed by atoms with Crippen LogP contribution in [0.15, 0.2) is 23.1 Å². The van der Waals surface area contributed by atoms with Gasteiger partial charge in [0, 0.05) is 25.3 Å². The van der Waals surface area contributed by atoms with Crippen molar-refractivity contribution in [1.82, 2.24) is 9.62 Å². The summed E-state index contributed by atoms with van der Waals surface area (Å²) in [4.78, 5) is 4.62. The van der Waals surface area contributed by atoms with Gasteiger partial charge >= 0.3 is 0 Å². The van der Waals surface area contributed by atoms with Crippen LogP contribution in [0.4, 0.5) is 11.4 Å². The average molecular weight is 312 g/mol. The molecule has 1 heterocycles. The van der Waals surface area contributed by atoms with Crippen molar-refractivity contribution >= 4 is 21.4 Å². The highest BCUT2D eigenvalue weighted by molar-refractivity contribution is 7.89. The summed E-state index contributed by atoms with van der Waals surface area (Å²) in [6, 6.07) is 5.54. The van der Waals surface area contributed by atoms with Crippen molar-refractivity contribution in [2.24, 2.45) is 0 Å². The van der Waals surface area contributed by atoms with Crippen molar-refractivity contribution in [2.75, 3.05) is 44.9 Å². The number of nitrogens with zero attached hydrogens (tertiary/aromatic N) is 2. The van der Waals surface area contributed by atoms with E-state index in [0.29, 0.717) is 6.04 Å². The van der Waals surface area contributed by atoms with Gasteiger partial charge in [-0.1, -0.05) is 0 Å². The molecule has 0 aliphatic carbocycles. The number of benzene rings is 1. The summed E-state index contributed by atoms with van der Waals surface area (Å²) in [5.41, 5.74) is 7.14. The largest absolute Gasteiger partial charge is 0.398 e. The number of likely N-dealkylation sites (tertiary alicyclic amines) is 1. The molecule has 1 atom stereocenters. The Hall–Kier alpha value is -1.31. The highest BCUT2D eigenvalue weighted by Crippen LogP contribution is 2.27. The monoisotopic (exact) mass is 312 g/mol. The molecule has 0 saturated carbocycles. The zero-order valence-electron chi connectivity index (χ0n) is 12.8. The van der Waals surface area contributed by atoms with Crippen LogP contribution in [0.1, 0.15) is 12.8 Å². The lowest BCUT2D eigenvalue weighted by atomic mass is 10.0. The highest BCUT2D eigenvalue weighted by atomic mass is 32.2. The molecule has 0 aromatic heterocycles. The van der Waals surface area contributed by atoms with E-state index in [1.165, 1.54) is 13.5 Å². The molecular formula is C14H24N4O2S.